The summed E-state index contributed by atoms with van der Waals surface area (Å²) in [7, 11) is 0. The van der Waals surface area contributed by atoms with Gasteiger partial charge < -0.3 is 4.74 Å². The minimum atomic E-state index is 0.683. The molecular formula is C17H23N5O. The summed E-state index contributed by atoms with van der Waals surface area (Å²) in [5.74, 6) is 1.68. The topological polar surface area (TPSA) is 66.9 Å². The molecule has 0 spiro atoms. The van der Waals surface area contributed by atoms with Gasteiger partial charge >= 0.3 is 0 Å². The maximum atomic E-state index is 5.99. The second-order valence-electron chi connectivity index (χ2n) is 6.08. The molecule has 1 aliphatic rings. The average Bonchev–Trinajstić information content (AvgIpc) is 3.07. The number of rotatable bonds is 5. The predicted octanol–water partition coefficient (Wildman–Crippen LogP) is 2.29. The first-order chi connectivity index (χ1) is 11.1. The van der Waals surface area contributed by atoms with Crippen LogP contribution >= 0.6 is 0 Å². The number of H-pyrrole nitrogens is 1. The number of aromatic nitrogens is 4. The van der Waals surface area contributed by atoms with E-state index in [0.717, 1.165) is 37.4 Å². The third-order valence-electron chi connectivity index (χ3n) is 4.32. The van der Waals surface area contributed by atoms with E-state index < -0.39 is 0 Å². The summed E-state index contributed by atoms with van der Waals surface area (Å²) in [5.41, 5.74) is 4.90. The van der Waals surface area contributed by atoms with E-state index in [1.165, 1.54) is 16.7 Å². The lowest BCUT2D eigenvalue weighted by molar-refractivity contribution is 0.222. The van der Waals surface area contributed by atoms with Crippen LogP contribution in [0.15, 0.2) is 18.2 Å². The van der Waals surface area contributed by atoms with Crippen LogP contribution in [-0.4, -0.2) is 51.8 Å². The second-order valence-corrected chi connectivity index (χ2v) is 6.08. The van der Waals surface area contributed by atoms with E-state index in [0.29, 0.717) is 12.4 Å². The van der Waals surface area contributed by atoms with Crippen molar-refractivity contribution in [3.05, 3.63) is 40.7 Å². The van der Waals surface area contributed by atoms with Gasteiger partial charge in [0.1, 0.15) is 12.4 Å². The number of aryl methyl sites for hydroxylation is 3. The lowest BCUT2D eigenvalue weighted by Crippen LogP contribution is -2.33. The maximum absolute atomic E-state index is 5.99. The van der Waals surface area contributed by atoms with Gasteiger partial charge in [0.2, 0.25) is 5.82 Å². The molecule has 2 aromatic rings. The van der Waals surface area contributed by atoms with E-state index in [1.807, 2.05) is 0 Å². The number of tetrazole rings is 1. The molecule has 0 saturated carbocycles. The van der Waals surface area contributed by atoms with E-state index in [-0.39, 0.29) is 0 Å². The smallest absolute Gasteiger partial charge is 0.201 e. The third-order valence-corrected chi connectivity index (χ3v) is 4.32. The molecule has 0 radical (unpaired) electrons. The summed E-state index contributed by atoms with van der Waals surface area (Å²) in [6.45, 7) is 9.80. The highest BCUT2D eigenvalue weighted by Crippen LogP contribution is 2.22. The zero-order valence-electron chi connectivity index (χ0n) is 14.0. The normalized spacial score (nSPS) is 15.5. The molecule has 0 aliphatic carbocycles. The highest BCUT2D eigenvalue weighted by molar-refractivity contribution is 5.61. The Bertz CT molecular complexity index is 693. The van der Waals surface area contributed by atoms with Crippen LogP contribution in [0.5, 0.6) is 5.75 Å². The molecule has 23 heavy (non-hydrogen) atoms. The van der Waals surface area contributed by atoms with Gasteiger partial charge in [0.25, 0.3) is 0 Å². The lowest BCUT2D eigenvalue weighted by atomic mass is 10.1. The second kappa shape index (κ2) is 6.91. The highest BCUT2D eigenvalue weighted by atomic mass is 16.5. The Morgan fingerprint density at radius 3 is 2.78 bits per heavy atom. The molecule has 6 nitrogen and oxygen atoms in total. The van der Waals surface area contributed by atoms with Gasteiger partial charge in [-0.3, -0.25) is 4.90 Å². The van der Waals surface area contributed by atoms with Crippen molar-refractivity contribution >= 4 is 5.57 Å². The van der Waals surface area contributed by atoms with E-state index in [9.17, 15) is 0 Å². The molecule has 1 aromatic heterocycles. The van der Waals surface area contributed by atoms with Crippen LogP contribution in [0.4, 0.5) is 0 Å². The van der Waals surface area contributed by atoms with Crippen molar-refractivity contribution in [1.29, 1.82) is 0 Å². The van der Waals surface area contributed by atoms with E-state index >= 15 is 0 Å². The Morgan fingerprint density at radius 1 is 1.17 bits per heavy atom. The summed E-state index contributed by atoms with van der Waals surface area (Å²) in [6, 6.07) is 4.31. The highest BCUT2D eigenvalue weighted by Gasteiger charge is 2.16. The number of benzene rings is 1. The molecule has 0 unspecified atom stereocenters. The number of ether oxygens (including phenoxy) is 1. The molecule has 0 amide bonds. The van der Waals surface area contributed by atoms with Crippen molar-refractivity contribution in [1.82, 2.24) is 25.5 Å². The first-order valence-corrected chi connectivity index (χ1v) is 7.99. The SMILES string of the molecule is Cc1cc(C)c(OCCN2CCC=C(c3nn[nH]n3)C2)cc1C. The first-order valence-electron chi connectivity index (χ1n) is 7.99. The Hall–Kier alpha value is -2.21. The number of nitrogens with zero attached hydrogens (tertiary/aromatic N) is 4. The average molecular weight is 313 g/mol. The Labute approximate surface area is 136 Å². The van der Waals surface area contributed by atoms with E-state index in [4.69, 9.17) is 4.74 Å². The first kappa shape index (κ1) is 15.7. The van der Waals surface area contributed by atoms with Crippen molar-refractivity contribution in [3.63, 3.8) is 0 Å². The zero-order chi connectivity index (χ0) is 16.2. The summed E-state index contributed by atoms with van der Waals surface area (Å²) in [5, 5.41) is 14.3. The van der Waals surface area contributed by atoms with Gasteiger partial charge in [-0.2, -0.15) is 5.21 Å². The van der Waals surface area contributed by atoms with Crippen molar-refractivity contribution in [3.8, 4) is 5.75 Å². The van der Waals surface area contributed by atoms with Crippen LogP contribution < -0.4 is 4.74 Å². The van der Waals surface area contributed by atoms with Crippen LogP contribution in [0.25, 0.3) is 5.57 Å². The van der Waals surface area contributed by atoms with Gasteiger partial charge in [0, 0.05) is 25.2 Å². The van der Waals surface area contributed by atoms with Crippen molar-refractivity contribution in [2.45, 2.75) is 27.2 Å². The number of nitrogens with one attached hydrogen (secondary N) is 1. The molecule has 1 aromatic carbocycles. The predicted molar refractivity (Wildman–Crippen MR) is 89.4 cm³/mol. The van der Waals surface area contributed by atoms with Gasteiger partial charge in [-0.1, -0.05) is 12.1 Å². The van der Waals surface area contributed by atoms with Crippen molar-refractivity contribution in [2.75, 3.05) is 26.2 Å². The Balaban J connectivity index is 1.53. The molecule has 2 heterocycles. The standard InChI is InChI=1S/C17H23N5O/c1-12-9-14(3)16(10-13(12)2)23-8-7-22-6-4-5-15(11-22)17-18-20-21-19-17/h5,9-10H,4,6-8,11H2,1-3H3,(H,18,19,20,21). The van der Waals surface area contributed by atoms with Crippen LogP contribution in [-0.2, 0) is 0 Å². The van der Waals surface area contributed by atoms with Crippen molar-refractivity contribution in [2.24, 2.45) is 0 Å². The molecule has 6 heteroatoms. The fraction of sp³-hybridized carbons (Fsp3) is 0.471. The van der Waals surface area contributed by atoms with Crippen LogP contribution in [0.1, 0.15) is 28.9 Å². The third kappa shape index (κ3) is 3.76. The lowest BCUT2D eigenvalue weighted by Gasteiger charge is -2.26. The van der Waals surface area contributed by atoms with Crippen LogP contribution in [0.2, 0.25) is 0 Å². The van der Waals surface area contributed by atoms with Gasteiger partial charge in [-0.25, -0.2) is 0 Å². The quantitative estimate of drug-likeness (QED) is 0.917. The number of aromatic amines is 1. The van der Waals surface area contributed by atoms with Gasteiger partial charge in [0.05, 0.1) is 0 Å². The molecule has 0 bridgehead atoms. The Morgan fingerprint density at radius 2 is 2.00 bits per heavy atom. The number of hydrogen-bond acceptors (Lipinski definition) is 5. The van der Waals surface area contributed by atoms with Gasteiger partial charge in [-0.15, -0.1) is 10.2 Å². The van der Waals surface area contributed by atoms with Crippen LogP contribution in [0.3, 0.4) is 0 Å². The fourth-order valence-corrected chi connectivity index (χ4v) is 2.83. The molecule has 0 saturated heterocycles. The van der Waals surface area contributed by atoms with Crippen molar-refractivity contribution < 1.29 is 4.74 Å². The summed E-state index contributed by atoms with van der Waals surface area (Å²) in [4.78, 5) is 2.36. The van der Waals surface area contributed by atoms with Crippen LogP contribution in [0, 0.1) is 20.8 Å². The fourth-order valence-electron chi connectivity index (χ4n) is 2.83. The largest absolute Gasteiger partial charge is 0.492 e. The summed E-state index contributed by atoms with van der Waals surface area (Å²) < 4.78 is 5.99. The minimum absolute atomic E-state index is 0.683. The Kier molecular flexibility index (Phi) is 4.71. The zero-order valence-corrected chi connectivity index (χ0v) is 14.0. The number of hydrogen-bond donors (Lipinski definition) is 1. The molecule has 0 fully saturated rings. The molecule has 1 N–H and O–H groups in total. The molecule has 0 atom stereocenters. The molecule has 3 rings (SSSR count). The monoisotopic (exact) mass is 313 g/mol. The summed E-state index contributed by atoms with van der Waals surface area (Å²) >= 11 is 0. The molecular weight excluding hydrogens is 290 g/mol. The van der Waals surface area contributed by atoms with Gasteiger partial charge in [-0.05, 0) is 55.2 Å². The maximum Gasteiger partial charge on any atom is 0.201 e. The minimum Gasteiger partial charge on any atom is -0.492 e. The molecule has 122 valence electrons. The summed E-state index contributed by atoms with van der Waals surface area (Å²) in [6.07, 6.45) is 3.20. The molecule has 1 aliphatic heterocycles. The van der Waals surface area contributed by atoms with E-state index in [2.05, 4.69) is 64.5 Å². The van der Waals surface area contributed by atoms with Gasteiger partial charge in [0.15, 0.2) is 0 Å². The van der Waals surface area contributed by atoms with E-state index in [1.54, 1.807) is 0 Å².